The molecule has 0 saturated carbocycles. The predicted octanol–water partition coefficient (Wildman–Crippen LogP) is 2.49. The van der Waals surface area contributed by atoms with Gasteiger partial charge < -0.3 is 14.2 Å². The standard InChI is InChI=1S/C16H15N3O3/c20-16(7-6-13-4-1-10-21-13)17-12-14(15-5-2-11-22-15)19-9-3-8-18-19/h1-11,14H,12H2,(H,17,20)/b7-6+. The quantitative estimate of drug-likeness (QED) is 0.709. The number of carbonyl (C=O) groups is 1. The Morgan fingerprint density at radius 3 is 2.82 bits per heavy atom. The highest BCUT2D eigenvalue weighted by Gasteiger charge is 2.17. The Bertz CT molecular complexity index is 679. The summed E-state index contributed by atoms with van der Waals surface area (Å²) in [7, 11) is 0. The van der Waals surface area contributed by atoms with E-state index in [1.807, 2.05) is 24.4 Å². The molecule has 0 radical (unpaired) electrons. The summed E-state index contributed by atoms with van der Waals surface area (Å²) in [6, 6.07) is 8.85. The molecule has 0 spiro atoms. The first-order valence-corrected chi connectivity index (χ1v) is 6.85. The highest BCUT2D eigenvalue weighted by atomic mass is 16.3. The molecule has 3 aromatic rings. The molecule has 0 saturated heterocycles. The minimum absolute atomic E-state index is 0.189. The van der Waals surface area contributed by atoms with E-state index in [9.17, 15) is 4.79 Å². The van der Waals surface area contributed by atoms with Gasteiger partial charge in [-0.3, -0.25) is 9.48 Å². The van der Waals surface area contributed by atoms with Crippen LogP contribution in [0.25, 0.3) is 6.08 Å². The Balaban J connectivity index is 1.63. The van der Waals surface area contributed by atoms with Crippen molar-refractivity contribution < 1.29 is 13.6 Å². The maximum absolute atomic E-state index is 11.9. The Morgan fingerprint density at radius 2 is 2.14 bits per heavy atom. The highest BCUT2D eigenvalue weighted by molar-refractivity contribution is 5.91. The van der Waals surface area contributed by atoms with Crippen molar-refractivity contribution in [2.75, 3.05) is 6.54 Å². The molecule has 1 atom stereocenters. The smallest absolute Gasteiger partial charge is 0.244 e. The van der Waals surface area contributed by atoms with Gasteiger partial charge >= 0.3 is 0 Å². The molecular weight excluding hydrogens is 282 g/mol. The van der Waals surface area contributed by atoms with Crippen molar-refractivity contribution in [2.24, 2.45) is 0 Å². The molecule has 1 amide bonds. The third kappa shape index (κ3) is 3.35. The second-order valence-electron chi connectivity index (χ2n) is 4.61. The molecule has 3 rings (SSSR count). The molecule has 0 bridgehead atoms. The Hall–Kier alpha value is -3.02. The second kappa shape index (κ2) is 6.62. The van der Waals surface area contributed by atoms with Crippen LogP contribution in [0.4, 0.5) is 0 Å². The predicted molar refractivity (Wildman–Crippen MR) is 79.8 cm³/mol. The summed E-state index contributed by atoms with van der Waals surface area (Å²) in [4.78, 5) is 11.9. The minimum Gasteiger partial charge on any atom is -0.467 e. The van der Waals surface area contributed by atoms with Crippen molar-refractivity contribution in [2.45, 2.75) is 6.04 Å². The normalized spacial score (nSPS) is 12.5. The van der Waals surface area contributed by atoms with Crippen LogP contribution in [-0.4, -0.2) is 22.2 Å². The van der Waals surface area contributed by atoms with E-state index in [4.69, 9.17) is 8.83 Å². The van der Waals surface area contributed by atoms with Gasteiger partial charge in [0.15, 0.2) is 0 Å². The molecule has 3 heterocycles. The number of nitrogens with one attached hydrogen (secondary N) is 1. The van der Waals surface area contributed by atoms with Gasteiger partial charge in [-0.05, 0) is 36.4 Å². The van der Waals surface area contributed by atoms with E-state index in [-0.39, 0.29) is 11.9 Å². The molecule has 6 nitrogen and oxygen atoms in total. The van der Waals surface area contributed by atoms with Crippen LogP contribution < -0.4 is 5.32 Å². The summed E-state index contributed by atoms with van der Waals surface area (Å²) in [6.45, 7) is 0.372. The number of furan rings is 2. The fraction of sp³-hybridized carbons (Fsp3) is 0.125. The van der Waals surface area contributed by atoms with Gasteiger partial charge in [0.25, 0.3) is 0 Å². The van der Waals surface area contributed by atoms with E-state index in [1.165, 1.54) is 6.08 Å². The van der Waals surface area contributed by atoms with Crippen molar-refractivity contribution in [1.82, 2.24) is 15.1 Å². The fourth-order valence-corrected chi connectivity index (χ4v) is 2.07. The number of carbonyl (C=O) groups excluding carboxylic acids is 1. The fourth-order valence-electron chi connectivity index (χ4n) is 2.07. The van der Waals surface area contributed by atoms with Gasteiger partial charge in [-0.1, -0.05) is 0 Å². The maximum Gasteiger partial charge on any atom is 0.244 e. The van der Waals surface area contributed by atoms with E-state index >= 15 is 0 Å². The van der Waals surface area contributed by atoms with Crippen LogP contribution in [0.5, 0.6) is 0 Å². The molecule has 1 N–H and O–H groups in total. The molecule has 0 aliphatic heterocycles. The molecule has 22 heavy (non-hydrogen) atoms. The van der Waals surface area contributed by atoms with Gasteiger partial charge in [0.2, 0.25) is 5.91 Å². The van der Waals surface area contributed by atoms with Crippen molar-refractivity contribution in [3.63, 3.8) is 0 Å². The SMILES string of the molecule is O=C(/C=C/c1ccco1)NCC(c1ccco1)n1cccn1. The van der Waals surface area contributed by atoms with E-state index in [0.717, 1.165) is 5.76 Å². The molecule has 0 aliphatic carbocycles. The van der Waals surface area contributed by atoms with E-state index in [1.54, 1.807) is 41.6 Å². The lowest BCUT2D eigenvalue weighted by Gasteiger charge is -2.15. The van der Waals surface area contributed by atoms with Crippen LogP contribution in [0.3, 0.4) is 0 Å². The molecule has 1 unspecified atom stereocenters. The van der Waals surface area contributed by atoms with Gasteiger partial charge in [0.1, 0.15) is 17.6 Å². The number of hydrogen-bond acceptors (Lipinski definition) is 4. The number of amides is 1. The number of aromatic nitrogens is 2. The molecule has 0 aliphatic rings. The summed E-state index contributed by atoms with van der Waals surface area (Å²) in [6.07, 6.45) is 9.73. The Morgan fingerprint density at radius 1 is 1.27 bits per heavy atom. The van der Waals surface area contributed by atoms with Crippen molar-refractivity contribution >= 4 is 12.0 Å². The molecule has 3 aromatic heterocycles. The van der Waals surface area contributed by atoms with E-state index in [0.29, 0.717) is 12.3 Å². The van der Waals surface area contributed by atoms with Crippen LogP contribution in [-0.2, 0) is 4.79 Å². The monoisotopic (exact) mass is 297 g/mol. The summed E-state index contributed by atoms with van der Waals surface area (Å²) in [5, 5.41) is 7.04. The lowest BCUT2D eigenvalue weighted by atomic mass is 10.2. The van der Waals surface area contributed by atoms with Crippen LogP contribution in [0.15, 0.2) is 70.2 Å². The zero-order valence-corrected chi connectivity index (χ0v) is 11.8. The topological polar surface area (TPSA) is 73.2 Å². The first-order chi connectivity index (χ1) is 10.8. The number of nitrogens with zero attached hydrogens (tertiary/aromatic N) is 2. The molecular formula is C16H15N3O3. The van der Waals surface area contributed by atoms with Gasteiger partial charge in [-0.2, -0.15) is 5.10 Å². The van der Waals surface area contributed by atoms with Gasteiger partial charge in [0, 0.05) is 25.0 Å². The van der Waals surface area contributed by atoms with Gasteiger partial charge in [-0.25, -0.2) is 0 Å². The van der Waals surface area contributed by atoms with Crippen LogP contribution in [0.1, 0.15) is 17.6 Å². The second-order valence-corrected chi connectivity index (χ2v) is 4.61. The van der Waals surface area contributed by atoms with Crippen molar-refractivity contribution in [3.05, 3.63) is 72.8 Å². The first kappa shape index (κ1) is 13.9. The number of hydrogen-bond donors (Lipinski definition) is 1. The lowest BCUT2D eigenvalue weighted by molar-refractivity contribution is -0.116. The molecule has 6 heteroatoms. The van der Waals surface area contributed by atoms with Gasteiger partial charge in [0.05, 0.1) is 12.5 Å². The third-order valence-electron chi connectivity index (χ3n) is 3.13. The average Bonchev–Trinajstić information content (AvgIpc) is 3.27. The zero-order valence-electron chi connectivity index (χ0n) is 11.8. The third-order valence-corrected chi connectivity index (χ3v) is 3.13. The Labute approximate surface area is 127 Å². The Kier molecular flexibility index (Phi) is 4.20. The largest absolute Gasteiger partial charge is 0.467 e. The molecule has 0 aromatic carbocycles. The van der Waals surface area contributed by atoms with Crippen LogP contribution in [0, 0.1) is 0 Å². The number of rotatable bonds is 6. The summed E-state index contributed by atoms with van der Waals surface area (Å²) in [5.41, 5.74) is 0. The van der Waals surface area contributed by atoms with E-state index in [2.05, 4.69) is 10.4 Å². The molecule has 0 fully saturated rings. The maximum atomic E-state index is 11.9. The van der Waals surface area contributed by atoms with Crippen LogP contribution in [0.2, 0.25) is 0 Å². The first-order valence-electron chi connectivity index (χ1n) is 6.85. The van der Waals surface area contributed by atoms with Gasteiger partial charge in [-0.15, -0.1) is 0 Å². The lowest BCUT2D eigenvalue weighted by Crippen LogP contribution is -2.30. The van der Waals surface area contributed by atoms with E-state index < -0.39 is 0 Å². The van der Waals surface area contributed by atoms with Crippen molar-refractivity contribution in [3.8, 4) is 0 Å². The molecule has 112 valence electrons. The zero-order chi connectivity index (χ0) is 15.2. The van der Waals surface area contributed by atoms with Crippen molar-refractivity contribution in [1.29, 1.82) is 0 Å². The summed E-state index contributed by atoms with van der Waals surface area (Å²) >= 11 is 0. The average molecular weight is 297 g/mol. The minimum atomic E-state index is -0.208. The summed E-state index contributed by atoms with van der Waals surface area (Å²) in [5.74, 6) is 1.16. The highest BCUT2D eigenvalue weighted by Crippen LogP contribution is 2.17. The summed E-state index contributed by atoms with van der Waals surface area (Å²) < 4.78 is 12.3. The van der Waals surface area contributed by atoms with Crippen LogP contribution >= 0.6 is 0 Å².